The Morgan fingerprint density at radius 1 is 0.951 bits per heavy atom. The van der Waals surface area contributed by atoms with E-state index in [0.29, 0.717) is 73.8 Å². The number of nitrogens with zero attached hydrogens (tertiary/aromatic N) is 4. The van der Waals surface area contributed by atoms with Gasteiger partial charge in [0.2, 0.25) is 0 Å². The summed E-state index contributed by atoms with van der Waals surface area (Å²) in [6, 6.07) is -0.649. The number of ketones is 1. The Labute approximate surface area is 377 Å². The van der Waals surface area contributed by atoms with Gasteiger partial charge in [0.25, 0.3) is 0 Å². The molecular weight excluding hydrogens is 777 g/mol. The van der Waals surface area contributed by atoms with E-state index in [0.717, 1.165) is 47.4 Å². The Balaban J connectivity index is 0.00000704. The first-order valence-electron chi connectivity index (χ1n) is 21.8. The Morgan fingerprint density at radius 2 is 1.67 bits per heavy atom. The molecule has 2 aliphatic heterocycles. The maximum Gasteiger partial charge on any atom is 2.00 e. The van der Waals surface area contributed by atoms with E-state index in [2.05, 4.69) is 41.2 Å². The van der Waals surface area contributed by atoms with Crippen LogP contribution in [0.4, 0.5) is 0 Å². The van der Waals surface area contributed by atoms with Crippen LogP contribution in [-0.2, 0) is 25.5 Å². The zero-order valence-corrected chi connectivity index (χ0v) is 39.1. The summed E-state index contributed by atoms with van der Waals surface area (Å²) in [4.78, 5) is 56.3. The Bertz CT molecular complexity index is 2460. The van der Waals surface area contributed by atoms with Crippen molar-refractivity contribution >= 4 is 76.9 Å². The number of esters is 2. The van der Waals surface area contributed by atoms with E-state index in [1.54, 1.807) is 6.08 Å². The van der Waals surface area contributed by atoms with Gasteiger partial charge in [0.05, 0.1) is 13.4 Å². The van der Waals surface area contributed by atoms with Crippen LogP contribution in [0.1, 0.15) is 143 Å². The Morgan fingerprint density at radius 3 is 2.34 bits per heavy atom. The summed E-state index contributed by atoms with van der Waals surface area (Å²) in [5.74, 6) is -1.56. The molecule has 8 bridgehead atoms. The molecule has 6 rings (SSSR count). The van der Waals surface area contributed by atoms with Crippen molar-refractivity contribution in [2.45, 2.75) is 119 Å². The van der Waals surface area contributed by atoms with Crippen molar-refractivity contribution in [1.29, 1.82) is 0 Å². The third-order valence-electron chi connectivity index (χ3n) is 13.0. The van der Waals surface area contributed by atoms with Crippen LogP contribution in [0.15, 0.2) is 23.9 Å². The molecule has 1 saturated heterocycles. The van der Waals surface area contributed by atoms with Gasteiger partial charge in [-0.15, -0.1) is 33.1 Å². The van der Waals surface area contributed by atoms with Crippen LogP contribution in [-0.4, -0.2) is 65.6 Å². The zero-order chi connectivity index (χ0) is 43.4. The van der Waals surface area contributed by atoms with E-state index in [1.807, 2.05) is 45.1 Å². The first kappa shape index (κ1) is 47.6. The SMILES string of the molecule is C=Cc1c2[n-]c(c1C)/C=C1/[N-]C(C3=c4[n-]/c(c(C)c4C(=O)[C@@H]3C(=O)OC)=C\c3[n-]c(/c(=C\O)c3CC)=C\2)[C@@H](CCC(=O)OC/C=C(\C)CCC[C@@H](C)CCCC(C)C)[C@@H]1C.[Mg+2]. The largest absolute Gasteiger partial charge is 2.00 e. The van der Waals surface area contributed by atoms with E-state index in [-0.39, 0.29) is 59.7 Å². The van der Waals surface area contributed by atoms with Gasteiger partial charge < -0.3 is 34.8 Å². The topological polar surface area (TPSA) is 146 Å². The number of fused-ring (bicyclic) bond motifs is 8. The number of carbonyl (C=O) groups is 3. The van der Waals surface area contributed by atoms with Crippen LogP contribution < -0.4 is 36.2 Å². The molecule has 3 aliphatic rings. The summed E-state index contributed by atoms with van der Waals surface area (Å²) in [5.41, 5.74) is 7.97. The van der Waals surface area contributed by atoms with Crippen molar-refractivity contribution in [3.05, 3.63) is 95.4 Å². The molecule has 5 heterocycles. The second-order valence-electron chi connectivity index (χ2n) is 17.5. The molecule has 0 amide bonds. The predicted octanol–water partition coefficient (Wildman–Crippen LogP) is 6.35. The van der Waals surface area contributed by atoms with Crippen molar-refractivity contribution in [2.24, 2.45) is 29.6 Å². The molecule has 0 aromatic carbocycles. The van der Waals surface area contributed by atoms with Crippen LogP contribution in [0.2, 0.25) is 0 Å². The molecule has 11 heteroatoms. The number of aliphatic hydroxyl groups excluding tert-OH is 1. The van der Waals surface area contributed by atoms with E-state index >= 15 is 0 Å². The molecule has 1 aliphatic carbocycles. The summed E-state index contributed by atoms with van der Waals surface area (Å²) in [6.07, 6.45) is 18.8. The Kier molecular flexibility index (Phi) is 16.1. The molecule has 1 N–H and O–H groups in total. The number of rotatable bonds is 16. The molecule has 0 radical (unpaired) electrons. The second kappa shape index (κ2) is 20.6. The summed E-state index contributed by atoms with van der Waals surface area (Å²) < 4.78 is 11.0. The van der Waals surface area contributed by atoms with Gasteiger partial charge >= 0.3 is 35.0 Å². The average Bonchev–Trinajstić information content (AvgIpc) is 3.96. The number of aromatic nitrogens is 3. The molecule has 322 valence electrons. The molecule has 3 aromatic heterocycles. The van der Waals surface area contributed by atoms with Crippen LogP contribution in [0, 0.1) is 43.4 Å². The van der Waals surface area contributed by atoms with Gasteiger partial charge in [-0.25, -0.2) is 0 Å². The number of hydrogen-bond acceptors (Lipinski definition) is 6. The van der Waals surface area contributed by atoms with Gasteiger partial charge in [0, 0.05) is 12.0 Å². The van der Waals surface area contributed by atoms with Crippen LogP contribution in [0.3, 0.4) is 0 Å². The normalized spacial score (nSPS) is 22.1. The van der Waals surface area contributed by atoms with Crippen LogP contribution >= 0.6 is 0 Å². The van der Waals surface area contributed by atoms with Gasteiger partial charge in [-0.2, -0.15) is 5.70 Å². The standard InChI is InChI=1S/C50H62N4O6.Mg/c1-11-33-30(7)37-23-38-31(8)35(19-20-43(56)60-22-21-29(6)18-14-17-28(5)16-13-15-27(3)4)47(53-38)45-46(50(58)59-10)49(57)44-32(9)39(54-48(44)45)24-41-34(12-2)36(26-55)42(52-41)25-40(33)51-37;/h11,21,23-28,31,35,46-47H,1,12-20,22H2,2-10H3,(H,55,57);/q-4;+2/b29-21+,38-23+,42-25-;/t28-,31-,35-,46+,47?;/m0./s1. The third kappa shape index (κ3) is 9.93. The number of Topliss-reactive ketones (excluding diaryl/α,β-unsaturated/α-hetero) is 1. The minimum atomic E-state index is -1.22. The third-order valence-corrected chi connectivity index (χ3v) is 13.0. The van der Waals surface area contributed by atoms with E-state index in [9.17, 15) is 19.5 Å². The van der Waals surface area contributed by atoms with Crippen molar-refractivity contribution in [3.8, 4) is 0 Å². The molecule has 3 aromatic rings. The zero-order valence-electron chi connectivity index (χ0n) is 37.7. The monoisotopic (exact) mass is 838 g/mol. The van der Waals surface area contributed by atoms with E-state index in [1.165, 1.54) is 38.4 Å². The first-order chi connectivity index (χ1) is 28.7. The minimum absolute atomic E-state index is 0. The molecule has 0 spiro atoms. The number of methoxy groups -OCH3 is 1. The molecule has 5 atom stereocenters. The molecule has 61 heavy (non-hydrogen) atoms. The number of allylic oxidation sites excluding steroid dienone is 2. The number of aliphatic hydroxyl groups is 1. The maximum absolute atomic E-state index is 14.3. The van der Waals surface area contributed by atoms with Crippen molar-refractivity contribution in [2.75, 3.05) is 13.7 Å². The molecule has 1 fully saturated rings. The predicted molar refractivity (Wildman–Crippen MR) is 243 cm³/mol. The fourth-order valence-electron chi connectivity index (χ4n) is 9.34. The van der Waals surface area contributed by atoms with Crippen LogP contribution in [0.5, 0.6) is 0 Å². The molecule has 10 nitrogen and oxygen atoms in total. The fraction of sp³-hybridized carbons (Fsp3) is 0.500. The summed E-state index contributed by atoms with van der Waals surface area (Å²) in [6.45, 7) is 21.2. The summed E-state index contributed by atoms with van der Waals surface area (Å²) >= 11 is 0. The number of hydrogen-bond donors (Lipinski definition) is 1. The van der Waals surface area contributed by atoms with Crippen molar-refractivity contribution in [1.82, 2.24) is 15.0 Å². The molecule has 1 unspecified atom stereocenters. The van der Waals surface area contributed by atoms with E-state index in [4.69, 9.17) is 29.7 Å². The molecule has 0 saturated carbocycles. The van der Waals surface area contributed by atoms with Gasteiger partial charge in [0.15, 0.2) is 5.78 Å². The maximum atomic E-state index is 14.3. The summed E-state index contributed by atoms with van der Waals surface area (Å²) in [7, 11) is 1.28. The van der Waals surface area contributed by atoms with Crippen molar-refractivity contribution < 1.29 is 29.0 Å². The van der Waals surface area contributed by atoms with Gasteiger partial charge in [-0.1, -0.05) is 125 Å². The Hall–Kier alpha value is -4.48. The first-order valence-corrected chi connectivity index (χ1v) is 21.8. The second-order valence-corrected chi connectivity index (χ2v) is 17.5. The smallest absolute Gasteiger partial charge is 0.681 e. The van der Waals surface area contributed by atoms with E-state index < -0.39 is 17.9 Å². The number of carbonyl (C=O) groups excluding carboxylic acids is 3. The number of ether oxygens (including phenoxy) is 2. The van der Waals surface area contributed by atoms with Gasteiger partial charge in [-0.3, -0.25) is 14.4 Å². The van der Waals surface area contributed by atoms with Crippen molar-refractivity contribution in [3.63, 3.8) is 0 Å². The summed E-state index contributed by atoms with van der Waals surface area (Å²) in [5, 5.41) is 17.8. The van der Waals surface area contributed by atoms with Gasteiger partial charge in [0.1, 0.15) is 12.5 Å². The fourth-order valence-corrected chi connectivity index (χ4v) is 9.34. The van der Waals surface area contributed by atoms with Gasteiger partial charge in [-0.05, 0) is 87.0 Å². The minimum Gasteiger partial charge on any atom is -0.681 e. The molecular formula is C50H62MgN4O6-2. The van der Waals surface area contributed by atoms with Crippen LogP contribution in [0.25, 0.3) is 41.5 Å². The quantitative estimate of drug-likeness (QED) is 0.0755. The average molecular weight is 839 g/mol.